The van der Waals surface area contributed by atoms with E-state index in [4.69, 9.17) is 0 Å². The van der Waals surface area contributed by atoms with Gasteiger partial charge >= 0.3 is 5.69 Å². The molecule has 1 fully saturated rings. The number of imidazole rings is 1. The Bertz CT molecular complexity index is 1570. The van der Waals surface area contributed by atoms with E-state index in [0.29, 0.717) is 29.2 Å². The van der Waals surface area contributed by atoms with Crippen molar-refractivity contribution >= 4 is 28.8 Å². The SMILES string of the molecule is CC(C(=O)Nc1ccnc(-c2cnc(N3CCC[C@@H]3C)nc2)n1)n1cnc2c1c(=O)n(C)c(=O)n2C. The largest absolute Gasteiger partial charge is 0.338 e. The highest BCUT2D eigenvalue weighted by Crippen LogP contribution is 2.23. The molecule has 1 N–H and O–H groups in total. The van der Waals surface area contributed by atoms with Crippen LogP contribution in [0.2, 0.25) is 0 Å². The summed E-state index contributed by atoms with van der Waals surface area (Å²) in [7, 11) is 2.91. The van der Waals surface area contributed by atoms with Gasteiger partial charge in [-0.1, -0.05) is 0 Å². The first-order valence-electron chi connectivity index (χ1n) is 11.6. The maximum absolute atomic E-state index is 13.0. The van der Waals surface area contributed by atoms with E-state index in [1.165, 1.54) is 35.8 Å². The summed E-state index contributed by atoms with van der Waals surface area (Å²) in [5.41, 5.74) is -0.0227. The monoisotopic (exact) mass is 490 g/mol. The van der Waals surface area contributed by atoms with Crippen molar-refractivity contribution in [2.24, 2.45) is 14.1 Å². The molecule has 5 rings (SSSR count). The number of nitrogens with zero attached hydrogens (tertiary/aromatic N) is 9. The molecule has 0 aliphatic carbocycles. The second-order valence-electron chi connectivity index (χ2n) is 8.92. The summed E-state index contributed by atoms with van der Waals surface area (Å²) in [6.45, 7) is 4.73. The molecule has 36 heavy (non-hydrogen) atoms. The quantitative estimate of drug-likeness (QED) is 0.430. The fourth-order valence-corrected chi connectivity index (χ4v) is 4.40. The number of aryl methyl sites for hydroxylation is 1. The number of hydrogen-bond acceptors (Lipinski definition) is 9. The number of fused-ring (bicyclic) bond motifs is 1. The van der Waals surface area contributed by atoms with Gasteiger partial charge in [-0.05, 0) is 32.8 Å². The van der Waals surface area contributed by atoms with Crippen LogP contribution >= 0.6 is 0 Å². The number of nitrogens with one attached hydrogen (secondary N) is 1. The van der Waals surface area contributed by atoms with Gasteiger partial charge in [0.05, 0.1) is 11.9 Å². The first-order chi connectivity index (χ1) is 17.3. The molecular formula is C23H26N10O3. The van der Waals surface area contributed by atoms with Gasteiger partial charge in [-0.25, -0.2) is 29.7 Å². The zero-order valence-electron chi connectivity index (χ0n) is 20.4. The van der Waals surface area contributed by atoms with E-state index >= 15 is 0 Å². The van der Waals surface area contributed by atoms with Crippen LogP contribution in [0.5, 0.6) is 0 Å². The summed E-state index contributed by atoms with van der Waals surface area (Å²) in [6, 6.07) is 1.18. The maximum Gasteiger partial charge on any atom is 0.332 e. The minimum absolute atomic E-state index is 0.162. The van der Waals surface area contributed by atoms with Crippen molar-refractivity contribution in [3.05, 3.63) is 51.8 Å². The van der Waals surface area contributed by atoms with E-state index in [0.717, 1.165) is 24.0 Å². The van der Waals surface area contributed by atoms with E-state index in [1.54, 1.807) is 25.4 Å². The van der Waals surface area contributed by atoms with Crippen LogP contribution in [0.15, 0.2) is 40.6 Å². The lowest BCUT2D eigenvalue weighted by atomic mass is 10.2. The van der Waals surface area contributed by atoms with Crippen LogP contribution in [-0.2, 0) is 18.9 Å². The molecule has 1 aliphatic rings. The molecule has 0 radical (unpaired) electrons. The van der Waals surface area contributed by atoms with Crippen LogP contribution in [0.4, 0.5) is 11.8 Å². The zero-order chi connectivity index (χ0) is 25.6. The number of rotatable bonds is 5. The van der Waals surface area contributed by atoms with Gasteiger partial charge in [-0.3, -0.25) is 18.7 Å². The van der Waals surface area contributed by atoms with Crippen LogP contribution in [-0.4, -0.2) is 57.1 Å². The Hall–Kier alpha value is -4.42. The molecule has 4 aromatic heterocycles. The number of carbonyl (C=O) groups is 1. The average Bonchev–Trinajstić information content (AvgIpc) is 3.52. The van der Waals surface area contributed by atoms with Gasteiger partial charge in [-0.15, -0.1) is 0 Å². The first kappa shape index (κ1) is 23.3. The lowest BCUT2D eigenvalue weighted by molar-refractivity contribution is -0.118. The highest BCUT2D eigenvalue weighted by molar-refractivity contribution is 5.93. The lowest BCUT2D eigenvalue weighted by Gasteiger charge is -2.20. The third kappa shape index (κ3) is 3.91. The Morgan fingerprint density at radius 1 is 1.11 bits per heavy atom. The average molecular weight is 491 g/mol. The Morgan fingerprint density at radius 3 is 2.56 bits per heavy atom. The number of anilines is 2. The summed E-state index contributed by atoms with van der Waals surface area (Å²) in [5, 5.41) is 2.76. The molecule has 1 saturated heterocycles. The predicted octanol–water partition coefficient (Wildman–Crippen LogP) is 0.869. The van der Waals surface area contributed by atoms with Crippen molar-refractivity contribution in [2.45, 2.75) is 38.8 Å². The van der Waals surface area contributed by atoms with E-state index in [-0.39, 0.29) is 11.2 Å². The molecule has 13 nitrogen and oxygen atoms in total. The van der Waals surface area contributed by atoms with E-state index in [1.807, 2.05) is 0 Å². The predicted molar refractivity (Wildman–Crippen MR) is 133 cm³/mol. The molecule has 1 amide bonds. The van der Waals surface area contributed by atoms with Crippen molar-refractivity contribution in [1.82, 2.24) is 38.6 Å². The van der Waals surface area contributed by atoms with E-state index in [9.17, 15) is 14.4 Å². The third-order valence-corrected chi connectivity index (χ3v) is 6.58. The Balaban J connectivity index is 1.37. The number of carbonyl (C=O) groups excluding carboxylic acids is 1. The zero-order valence-corrected chi connectivity index (χ0v) is 20.4. The summed E-state index contributed by atoms with van der Waals surface area (Å²) >= 11 is 0. The second kappa shape index (κ2) is 8.98. The molecular weight excluding hydrogens is 464 g/mol. The molecule has 1 aliphatic heterocycles. The van der Waals surface area contributed by atoms with Crippen molar-refractivity contribution in [1.29, 1.82) is 0 Å². The Morgan fingerprint density at radius 2 is 1.86 bits per heavy atom. The van der Waals surface area contributed by atoms with Crippen LogP contribution in [0, 0.1) is 0 Å². The third-order valence-electron chi connectivity index (χ3n) is 6.58. The Kier molecular flexibility index (Phi) is 5.82. The highest BCUT2D eigenvalue weighted by Gasteiger charge is 2.24. The molecule has 1 unspecified atom stereocenters. The smallest absolute Gasteiger partial charge is 0.332 e. The van der Waals surface area contributed by atoms with E-state index < -0.39 is 23.2 Å². The number of amides is 1. The van der Waals surface area contributed by atoms with Crippen molar-refractivity contribution < 1.29 is 4.79 Å². The molecule has 0 bridgehead atoms. The normalized spacial score (nSPS) is 16.4. The van der Waals surface area contributed by atoms with Gasteiger partial charge in [0.1, 0.15) is 11.9 Å². The second-order valence-corrected chi connectivity index (χ2v) is 8.92. The summed E-state index contributed by atoms with van der Waals surface area (Å²) in [5.74, 6) is 0.931. The van der Waals surface area contributed by atoms with Crippen LogP contribution < -0.4 is 21.5 Å². The Labute approximate surface area is 205 Å². The molecule has 186 valence electrons. The van der Waals surface area contributed by atoms with Gasteiger partial charge in [0.25, 0.3) is 5.56 Å². The molecule has 4 aromatic rings. The van der Waals surface area contributed by atoms with Crippen LogP contribution in [0.3, 0.4) is 0 Å². The number of aromatic nitrogens is 8. The highest BCUT2D eigenvalue weighted by atomic mass is 16.2. The summed E-state index contributed by atoms with van der Waals surface area (Å²) in [4.78, 5) is 62.0. The first-order valence-corrected chi connectivity index (χ1v) is 11.6. The fourth-order valence-electron chi connectivity index (χ4n) is 4.40. The van der Waals surface area contributed by atoms with Crippen molar-refractivity contribution in [3.8, 4) is 11.4 Å². The van der Waals surface area contributed by atoms with Crippen LogP contribution in [0.25, 0.3) is 22.6 Å². The summed E-state index contributed by atoms with van der Waals surface area (Å²) in [6.07, 6.45) is 8.51. The van der Waals surface area contributed by atoms with Crippen molar-refractivity contribution in [3.63, 3.8) is 0 Å². The van der Waals surface area contributed by atoms with Gasteiger partial charge in [0.15, 0.2) is 17.0 Å². The van der Waals surface area contributed by atoms with Gasteiger partial charge in [0.2, 0.25) is 11.9 Å². The molecule has 5 heterocycles. The van der Waals surface area contributed by atoms with Gasteiger partial charge in [-0.2, -0.15) is 0 Å². The molecule has 13 heteroatoms. The maximum atomic E-state index is 13.0. The molecule has 0 aromatic carbocycles. The van der Waals surface area contributed by atoms with E-state index in [2.05, 4.69) is 42.1 Å². The van der Waals surface area contributed by atoms with Gasteiger partial charge < -0.3 is 14.8 Å². The molecule has 0 spiro atoms. The topological polar surface area (TPSA) is 146 Å². The standard InChI is InChI=1S/C23H26N10O3/c1-13-6-5-9-32(13)22-25-10-15(11-26-22)18-24-8-7-16(28-18)29-20(34)14(2)33-12-27-19-17(33)21(35)31(4)23(36)30(19)3/h7-8,10-14H,5-6,9H2,1-4H3,(H,24,28,29,34)/t13-,14?/m0/s1. The van der Waals surface area contributed by atoms with Gasteiger partial charge in [0, 0.05) is 45.3 Å². The molecule has 2 atom stereocenters. The minimum Gasteiger partial charge on any atom is -0.338 e. The number of hydrogen-bond donors (Lipinski definition) is 1. The fraction of sp³-hybridized carbons (Fsp3) is 0.391. The lowest BCUT2D eigenvalue weighted by Crippen LogP contribution is -2.38. The molecule has 0 saturated carbocycles. The van der Waals surface area contributed by atoms with Crippen LogP contribution in [0.1, 0.15) is 32.7 Å². The summed E-state index contributed by atoms with van der Waals surface area (Å²) < 4.78 is 3.70. The van der Waals surface area contributed by atoms with Crippen molar-refractivity contribution in [2.75, 3.05) is 16.8 Å². The minimum atomic E-state index is -0.802.